The van der Waals surface area contributed by atoms with Crippen molar-refractivity contribution in [3.63, 3.8) is 0 Å². The van der Waals surface area contributed by atoms with E-state index in [2.05, 4.69) is 11.9 Å². The Bertz CT molecular complexity index is 390. The van der Waals surface area contributed by atoms with Crippen LogP contribution in [0.5, 0.6) is 5.75 Å². The minimum atomic E-state index is -0.324. The van der Waals surface area contributed by atoms with Crippen molar-refractivity contribution >= 4 is 0 Å². The van der Waals surface area contributed by atoms with Gasteiger partial charge in [-0.3, -0.25) is 0 Å². The van der Waals surface area contributed by atoms with Crippen LogP contribution in [0.1, 0.15) is 31.9 Å². The molecule has 0 aliphatic rings. The minimum absolute atomic E-state index is 0.109. The Morgan fingerprint density at radius 2 is 2.24 bits per heavy atom. The predicted octanol–water partition coefficient (Wildman–Crippen LogP) is 3.45. The second-order valence-electron chi connectivity index (χ2n) is 4.17. The summed E-state index contributed by atoms with van der Waals surface area (Å²) in [5.41, 5.74) is 2.00. The van der Waals surface area contributed by atoms with Crippen LogP contribution < -0.4 is 10.1 Å². The van der Waals surface area contributed by atoms with Crippen molar-refractivity contribution in [2.45, 2.75) is 26.3 Å². The van der Waals surface area contributed by atoms with E-state index in [0.717, 1.165) is 24.1 Å². The molecule has 0 spiro atoms. The maximum Gasteiger partial charge on any atom is 0.165 e. The molecule has 1 atom stereocenters. The zero-order chi connectivity index (χ0) is 12.8. The van der Waals surface area contributed by atoms with Gasteiger partial charge in [-0.2, -0.15) is 0 Å². The highest BCUT2D eigenvalue weighted by molar-refractivity contribution is 5.31. The van der Waals surface area contributed by atoms with Gasteiger partial charge in [-0.05, 0) is 37.6 Å². The smallest absolute Gasteiger partial charge is 0.165 e. The lowest BCUT2D eigenvalue weighted by Gasteiger charge is -2.19. The first-order valence-electron chi connectivity index (χ1n) is 5.79. The van der Waals surface area contributed by atoms with Crippen LogP contribution in [0, 0.1) is 5.82 Å². The normalized spacial score (nSPS) is 12.2. The first-order valence-corrected chi connectivity index (χ1v) is 5.79. The molecule has 94 valence electrons. The molecule has 1 aromatic rings. The van der Waals surface area contributed by atoms with Crippen LogP contribution in [0.25, 0.3) is 0 Å². The Balaban J connectivity index is 2.93. The minimum Gasteiger partial charge on any atom is -0.494 e. The first-order chi connectivity index (χ1) is 8.08. The molecule has 0 saturated heterocycles. The molecule has 0 amide bonds. The summed E-state index contributed by atoms with van der Waals surface area (Å²) >= 11 is 0. The van der Waals surface area contributed by atoms with Gasteiger partial charge in [0.15, 0.2) is 11.6 Å². The number of hydrogen-bond acceptors (Lipinski definition) is 2. The Kier molecular flexibility index (Phi) is 5.16. The number of halogens is 1. The third kappa shape index (κ3) is 3.86. The molecule has 1 aromatic carbocycles. The van der Waals surface area contributed by atoms with Gasteiger partial charge < -0.3 is 10.1 Å². The lowest BCUT2D eigenvalue weighted by Crippen LogP contribution is -2.21. The van der Waals surface area contributed by atoms with E-state index in [9.17, 15) is 4.39 Å². The molecule has 0 heterocycles. The summed E-state index contributed by atoms with van der Waals surface area (Å²) in [7, 11) is 1.47. The number of hydrogen-bond donors (Lipinski definition) is 1. The quantitative estimate of drug-likeness (QED) is 0.765. The SMILES string of the molecule is C=C(C)CC(NCC)c1ccc(OC)c(F)c1. The van der Waals surface area contributed by atoms with Gasteiger partial charge >= 0.3 is 0 Å². The number of benzene rings is 1. The Morgan fingerprint density at radius 1 is 1.53 bits per heavy atom. The van der Waals surface area contributed by atoms with Crippen LogP contribution in [0.15, 0.2) is 30.4 Å². The molecule has 0 radical (unpaired) electrons. The van der Waals surface area contributed by atoms with Gasteiger partial charge in [-0.15, -0.1) is 6.58 Å². The van der Waals surface area contributed by atoms with Crippen LogP contribution in [0.2, 0.25) is 0 Å². The summed E-state index contributed by atoms with van der Waals surface area (Å²) in [5.74, 6) is -0.0473. The third-order valence-electron chi connectivity index (χ3n) is 2.58. The van der Waals surface area contributed by atoms with Gasteiger partial charge in [0, 0.05) is 6.04 Å². The van der Waals surface area contributed by atoms with Crippen LogP contribution in [-0.2, 0) is 0 Å². The van der Waals surface area contributed by atoms with Crippen molar-refractivity contribution in [1.82, 2.24) is 5.32 Å². The lowest BCUT2D eigenvalue weighted by atomic mass is 10.00. The molecular formula is C14H20FNO. The van der Waals surface area contributed by atoms with E-state index < -0.39 is 0 Å². The van der Waals surface area contributed by atoms with Crippen LogP contribution in [-0.4, -0.2) is 13.7 Å². The summed E-state index contributed by atoms with van der Waals surface area (Å²) in [6, 6.07) is 5.18. The fraction of sp³-hybridized carbons (Fsp3) is 0.429. The van der Waals surface area contributed by atoms with Crippen LogP contribution >= 0.6 is 0 Å². The summed E-state index contributed by atoms with van der Waals surface area (Å²) in [4.78, 5) is 0. The molecule has 0 saturated carbocycles. The van der Waals surface area contributed by atoms with Gasteiger partial charge in [0.05, 0.1) is 7.11 Å². The fourth-order valence-corrected chi connectivity index (χ4v) is 1.80. The average Bonchev–Trinajstić information content (AvgIpc) is 2.28. The van der Waals surface area contributed by atoms with Crippen molar-refractivity contribution in [3.8, 4) is 5.75 Å². The van der Waals surface area contributed by atoms with Gasteiger partial charge in [0.1, 0.15) is 0 Å². The molecule has 1 unspecified atom stereocenters. The van der Waals surface area contributed by atoms with Gasteiger partial charge in [0.25, 0.3) is 0 Å². The highest BCUT2D eigenvalue weighted by atomic mass is 19.1. The molecule has 0 aromatic heterocycles. The molecule has 0 aliphatic carbocycles. The maximum atomic E-state index is 13.6. The predicted molar refractivity (Wildman–Crippen MR) is 68.8 cm³/mol. The highest BCUT2D eigenvalue weighted by Gasteiger charge is 2.13. The van der Waals surface area contributed by atoms with Gasteiger partial charge in [-0.25, -0.2) is 4.39 Å². The third-order valence-corrected chi connectivity index (χ3v) is 2.58. The largest absolute Gasteiger partial charge is 0.494 e. The van der Waals surface area contributed by atoms with Crippen LogP contribution in [0.4, 0.5) is 4.39 Å². The maximum absolute atomic E-state index is 13.6. The topological polar surface area (TPSA) is 21.3 Å². The molecule has 2 nitrogen and oxygen atoms in total. The van der Waals surface area contributed by atoms with Crippen molar-refractivity contribution in [3.05, 3.63) is 41.7 Å². The molecule has 1 N–H and O–H groups in total. The summed E-state index contributed by atoms with van der Waals surface area (Å²) in [5, 5.41) is 3.33. The average molecular weight is 237 g/mol. The van der Waals surface area contributed by atoms with E-state index >= 15 is 0 Å². The van der Waals surface area contributed by atoms with E-state index in [1.54, 1.807) is 6.07 Å². The number of rotatable bonds is 6. The van der Waals surface area contributed by atoms with Gasteiger partial charge in [-0.1, -0.05) is 18.6 Å². The highest BCUT2D eigenvalue weighted by Crippen LogP contribution is 2.25. The van der Waals surface area contributed by atoms with Gasteiger partial charge in [0.2, 0.25) is 0 Å². The van der Waals surface area contributed by atoms with E-state index in [1.165, 1.54) is 13.2 Å². The molecule has 1 rings (SSSR count). The van der Waals surface area contributed by atoms with Crippen molar-refractivity contribution in [2.24, 2.45) is 0 Å². The number of ether oxygens (including phenoxy) is 1. The molecule has 0 aliphatic heterocycles. The van der Waals surface area contributed by atoms with Crippen molar-refractivity contribution in [1.29, 1.82) is 0 Å². The number of nitrogens with one attached hydrogen (secondary N) is 1. The summed E-state index contributed by atoms with van der Waals surface area (Å²) in [6.07, 6.45) is 0.805. The molecular weight excluding hydrogens is 217 g/mol. The summed E-state index contributed by atoms with van der Waals surface area (Å²) < 4.78 is 18.5. The number of methoxy groups -OCH3 is 1. The van der Waals surface area contributed by atoms with E-state index in [4.69, 9.17) is 4.74 Å². The lowest BCUT2D eigenvalue weighted by molar-refractivity contribution is 0.385. The first kappa shape index (κ1) is 13.7. The monoisotopic (exact) mass is 237 g/mol. The molecule has 17 heavy (non-hydrogen) atoms. The van der Waals surface area contributed by atoms with Crippen molar-refractivity contribution in [2.75, 3.05) is 13.7 Å². The van der Waals surface area contributed by atoms with Crippen molar-refractivity contribution < 1.29 is 9.13 Å². The molecule has 3 heteroatoms. The zero-order valence-corrected chi connectivity index (χ0v) is 10.7. The fourth-order valence-electron chi connectivity index (χ4n) is 1.80. The summed E-state index contributed by atoms with van der Waals surface area (Å²) in [6.45, 7) is 8.75. The Labute approximate surface area is 102 Å². The van der Waals surface area contributed by atoms with E-state index in [-0.39, 0.29) is 17.6 Å². The molecule has 0 fully saturated rings. The standard InChI is InChI=1S/C14H20FNO/c1-5-16-13(8-10(2)3)11-6-7-14(17-4)12(15)9-11/h6-7,9,13,16H,2,5,8H2,1,3-4H3. The second kappa shape index (κ2) is 6.40. The van der Waals surface area contributed by atoms with E-state index in [1.807, 2.05) is 19.9 Å². The van der Waals surface area contributed by atoms with Crippen LogP contribution in [0.3, 0.4) is 0 Å². The molecule has 0 bridgehead atoms. The Morgan fingerprint density at radius 3 is 2.71 bits per heavy atom. The Hall–Kier alpha value is -1.35. The van der Waals surface area contributed by atoms with E-state index in [0.29, 0.717) is 0 Å². The zero-order valence-electron chi connectivity index (χ0n) is 10.7. The second-order valence-corrected chi connectivity index (χ2v) is 4.17.